The molecule has 0 aliphatic heterocycles. The van der Waals surface area contributed by atoms with Crippen LogP contribution in [0.2, 0.25) is 5.15 Å². The number of hydrogen-bond donors (Lipinski definition) is 1. The maximum Gasteiger partial charge on any atom is 0.420 e. The number of methoxy groups -OCH3 is 1. The Kier molecular flexibility index (Phi) is 7.21. The van der Waals surface area contributed by atoms with E-state index in [1.165, 1.54) is 43.6 Å². The molecule has 1 aliphatic carbocycles. The van der Waals surface area contributed by atoms with Gasteiger partial charge in [0.1, 0.15) is 28.0 Å². The van der Waals surface area contributed by atoms with Crippen LogP contribution in [0, 0.1) is 5.41 Å². The summed E-state index contributed by atoms with van der Waals surface area (Å²) in [6.07, 6.45) is -1.87. The summed E-state index contributed by atoms with van der Waals surface area (Å²) < 4.78 is 50.5. The van der Waals surface area contributed by atoms with Crippen LogP contribution in [-0.2, 0) is 17.5 Å². The van der Waals surface area contributed by atoms with E-state index in [-0.39, 0.29) is 47.1 Å². The number of hydrogen-bond acceptors (Lipinski definition) is 5. The van der Waals surface area contributed by atoms with E-state index in [1.54, 1.807) is 18.2 Å². The van der Waals surface area contributed by atoms with Gasteiger partial charge in [-0.3, -0.25) is 9.59 Å². The van der Waals surface area contributed by atoms with E-state index in [1.807, 2.05) is 0 Å². The van der Waals surface area contributed by atoms with Crippen molar-refractivity contribution in [2.45, 2.75) is 32.0 Å². The Hall–Kier alpha value is -3.59. The van der Waals surface area contributed by atoms with Gasteiger partial charge in [0.15, 0.2) is 5.78 Å². The first-order valence-corrected chi connectivity index (χ1v) is 11.4. The van der Waals surface area contributed by atoms with Gasteiger partial charge in [-0.25, -0.2) is 4.98 Å². The number of carbonyl (C=O) groups excluding carboxylic acids is 2. The fourth-order valence-corrected chi connectivity index (χ4v) is 3.91. The van der Waals surface area contributed by atoms with Crippen molar-refractivity contribution in [2.24, 2.45) is 5.41 Å². The first-order valence-electron chi connectivity index (χ1n) is 11.0. The number of ether oxygens (including phenoxy) is 2. The van der Waals surface area contributed by atoms with Gasteiger partial charge in [-0.05, 0) is 60.9 Å². The van der Waals surface area contributed by atoms with Crippen LogP contribution in [0.3, 0.4) is 0 Å². The Bertz CT molecular complexity index is 1270. The highest BCUT2D eigenvalue weighted by molar-refractivity contribution is 6.29. The molecule has 0 bridgehead atoms. The van der Waals surface area contributed by atoms with Gasteiger partial charge in [0.2, 0.25) is 5.91 Å². The molecule has 1 saturated carbocycles. The third kappa shape index (κ3) is 5.96. The van der Waals surface area contributed by atoms with Crippen LogP contribution in [-0.4, -0.2) is 23.8 Å². The van der Waals surface area contributed by atoms with E-state index in [4.69, 9.17) is 21.1 Å². The molecule has 36 heavy (non-hydrogen) atoms. The molecule has 1 heterocycles. The molecule has 1 aromatic heterocycles. The van der Waals surface area contributed by atoms with Gasteiger partial charge in [0.05, 0.1) is 12.5 Å². The summed E-state index contributed by atoms with van der Waals surface area (Å²) in [6, 6.07) is 12.8. The van der Waals surface area contributed by atoms with Crippen molar-refractivity contribution in [3.8, 4) is 17.2 Å². The predicted molar refractivity (Wildman–Crippen MR) is 126 cm³/mol. The maximum atomic E-state index is 13.4. The molecule has 3 aromatic rings. The highest BCUT2D eigenvalue weighted by Crippen LogP contribution is 2.49. The molecule has 1 fully saturated rings. The summed E-state index contributed by atoms with van der Waals surface area (Å²) in [5, 5.41) is 3.06. The number of Topliss-reactive ketones (excluding diaryl/α,β-unsaturated/α-hetero) is 1. The fourth-order valence-electron chi connectivity index (χ4n) is 3.74. The second-order valence-electron chi connectivity index (χ2n) is 8.54. The standard InChI is InChI=1S/C26H22ClF3N2O4/c1-35-19-6-7-22(20(13-19)26(28,29)30)36-18-4-2-16(3-5-18)15-32-24(34)25(9-10-25)14-21(33)17-8-11-31-23(27)12-17/h2-8,11-13H,9-10,14-15H2,1H3,(H,32,34). The topological polar surface area (TPSA) is 77.5 Å². The molecule has 2 aromatic carbocycles. The number of amides is 1. The van der Waals surface area contributed by atoms with Gasteiger partial charge in [-0.2, -0.15) is 13.2 Å². The van der Waals surface area contributed by atoms with Gasteiger partial charge in [-0.1, -0.05) is 23.7 Å². The number of benzene rings is 2. The Balaban J connectivity index is 1.36. The lowest BCUT2D eigenvalue weighted by Gasteiger charge is -2.16. The first kappa shape index (κ1) is 25.5. The number of carbonyl (C=O) groups is 2. The average molecular weight is 519 g/mol. The lowest BCUT2D eigenvalue weighted by molar-refractivity contribution is -0.138. The number of ketones is 1. The molecular weight excluding hydrogens is 497 g/mol. The SMILES string of the molecule is COc1ccc(Oc2ccc(CNC(=O)C3(CC(=O)c4ccnc(Cl)c4)CC3)cc2)c(C(F)(F)F)c1. The van der Waals surface area contributed by atoms with Crippen LogP contribution in [0.25, 0.3) is 0 Å². The number of aromatic nitrogens is 1. The molecule has 0 spiro atoms. The second kappa shape index (κ2) is 10.2. The molecule has 0 radical (unpaired) electrons. The summed E-state index contributed by atoms with van der Waals surface area (Å²) in [6.45, 7) is 0.201. The van der Waals surface area contributed by atoms with Crippen LogP contribution in [0.1, 0.15) is 40.7 Å². The summed E-state index contributed by atoms with van der Waals surface area (Å²) in [5.41, 5.74) is -0.547. The molecule has 10 heteroatoms. The van der Waals surface area contributed by atoms with Gasteiger partial charge >= 0.3 is 6.18 Å². The van der Waals surface area contributed by atoms with Crippen LogP contribution < -0.4 is 14.8 Å². The van der Waals surface area contributed by atoms with E-state index in [9.17, 15) is 22.8 Å². The van der Waals surface area contributed by atoms with Crippen molar-refractivity contribution < 1.29 is 32.2 Å². The summed E-state index contributed by atoms with van der Waals surface area (Å²) >= 11 is 5.85. The minimum Gasteiger partial charge on any atom is -0.497 e. The van der Waals surface area contributed by atoms with E-state index in [0.717, 1.165) is 11.6 Å². The molecule has 1 N–H and O–H groups in total. The minimum atomic E-state index is -4.61. The Labute approximate surface area is 210 Å². The van der Waals surface area contributed by atoms with Crippen LogP contribution in [0.4, 0.5) is 13.2 Å². The van der Waals surface area contributed by atoms with Gasteiger partial charge in [0.25, 0.3) is 0 Å². The zero-order valence-electron chi connectivity index (χ0n) is 19.2. The van der Waals surface area contributed by atoms with Crippen molar-refractivity contribution in [2.75, 3.05) is 7.11 Å². The lowest BCUT2D eigenvalue weighted by atomic mass is 9.95. The number of nitrogens with zero attached hydrogens (tertiary/aromatic N) is 1. The van der Waals surface area contributed by atoms with E-state index < -0.39 is 17.2 Å². The van der Waals surface area contributed by atoms with Crippen LogP contribution >= 0.6 is 11.6 Å². The van der Waals surface area contributed by atoms with Gasteiger partial charge in [-0.15, -0.1) is 0 Å². The van der Waals surface area contributed by atoms with E-state index in [0.29, 0.717) is 18.4 Å². The molecule has 0 unspecified atom stereocenters. The first-order chi connectivity index (χ1) is 17.1. The van der Waals surface area contributed by atoms with Crippen molar-refractivity contribution in [1.29, 1.82) is 0 Å². The Morgan fingerprint density at radius 2 is 1.75 bits per heavy atom. The van der Waals surface area contributed by atoms with Gasteiger partial charge in [0, 0.05) is 24.7 Å². The largest absolute Gasteiger partial charge is 0.497 e. The molecule has 0 saturated heterocycles. The molecule has 4 rings (SSSR count). The van der Waals surface area contributed by atoms with Crippen LogP contribution in [0.5, 0.6) is 17.2 Å². The average Bonchev–Trinajstić information content (AvgIpc) is 3.63. The monoisotopic (exact) mass is 518 g/mol. The normalized spacial score (nSPS) is 14.1. The number of pyridine rings is 1. The molecule has 0 atom stereocenters. The summed E-state index contributed by atoms with van der Waals surface area (Å²) in [4.78, 5) is 29.2. The highest BCUT2D eigenvalue weighted by atomic mass is 35.5. The van der Waals surface area contributed by atoms with Gasteiger partial charge < -0.3 is 14.8 Å². The zero-order valence-corrected chi connectivity index (χ0v) is 19.9. The molecule has 1 amide bonds. The predicted octanol–water partition coefficient (Wildman–Crippen LogP) is 6.22. The molecule has 1 aliphatic rings. The number of alkyl halides is 3. The minimum absolute atomic E-state index is 0.0699. The molecule has 188 valence electrons. The van der Waals surface area contributed by atoms with Crippen molar-refractivity contribution in [1.82, 2.24) is 10.3 Å². The Morgan fingerprint density at radius 3 is 2.36 bits per heavy atom. The third-order valence-electron chi connectivity index (χ3n) is 5.98. The summed E-state index contributed by atoms with van der Waals surface area (Å²) in [5.74, 6) is -0.462. The number of nitrogens with one attached hydrogen (secondary N) is 1. The van der Waals surface area contributed by atoms with E-state index >= 15 is 0 Å². The Morgan fingerprint density at radius 1 is 1.06 bits per heavy atom. The quantitative estimate of drug-likeness (QED) is 0.268. The van der Waals surface area contributed by atoms with Crippen LogP contribution in [0.15, 0.2) is 60.8 Å². The zero-order chi connectivity index (χ0) is 25.9. The smallest absolute Gasteiger partial charge is 0.420 e. The van der Waals surface area contributed by atoms with Crippen molar-refractivity contribution in [3.63, 3.8) is 0 Å². The van der Waals surface area contributed by atoms with E-state index in [2.05, 4.69) is 10.3 Å². The number of halogens is 4. The molecular formula is C26H22ClF3N2O4. The fraction of sp³-hybridized carbons (Fsp3) is 0.269. The van der Waals surface area contributed by atoms with Crippen molar-refractivity contribution in [3.05, 3.63) is 82.6 Å². The lowest BCUT2D eigenvalue weighted by Crippen LogP contribution is -2.33. The highest BCUT2D eigenvalue weighted by Gasteiger charge is 2.51. The third-order valence-corrected chi connectivity index (χ3v) is 6.19. The number of rotatable bonds is 9. The summed E-state index contributed by atoms with van der Waals surface area (Å²) in [7, 11) is 1.29. The molecule has 6 nitrogen and oxygen atoms in total. The van der Waals surface area contributed by atoms with Crippen molar-refractivity contribution >= 4 is 23.3 Å². The maximum absolute atomic E-state index is 13.4. The second-order valence-corrected chi connectivity index (χ2v) is 8.92.